The second-order valence-corrected chi connectivity index (χ2v) is 4.66. The Morgan fingerprint density at radius 1 is 1.56 bits per heavy atom. The van der Waals surface area contributed by atoms with Crippen LogP contribution in [0.2, 0.25) is 0 Å². The fourth-order valence-corrected chi connectivity index (χ4v) is 2.76. The molecule has 1 aromatic rings. The lowest BCUT2D eigenvalue weighted by atomic mass is 10.1. The van der Waals surface area contributed by atoms with Crippen LogP contribution in [-0.2, 0) is 7.05 Å². The molecule has 0 saturated carbocycles. The number of hydrogen-bond donors (Lipinski definition) is 1. The second kappa shape index (κ2) is 3.59. The van der Waals surface area contributed by atoms with Gasteiger partial charge in [0, 0.05) is 32.4 Å². The number of carbonyl (C=O) groups is 1. The average molecular weight is 220 g/mol. The summed E-state index contributed by atoms with van der Waals surface area (Å²) in [4.78, 5) is 14.1. The molecule has 0 unspecified atom stereocenters. The van der Waals surface area contributed by atoms with Crippen molar-refractivity contribution in [1.29, 1.82) is 0 Å². The largest absolute Gasteiger partial charge is 0.335 e. The van der Waals surface area contributed by atoms with Gasteiger partial charge in [-0.2, -0.15) is 5.10 Å². The lowest BCUT2D eigenvalue weighted by Crippen LogP contribution is -2.34. The molecule has 0 spiro atoms. The monoisotopic (exact) mass is 220 g/mol. The summed E-state index contributed by atoms with van der Waals surface area (Å²) in [6.07, 6.45) is 2.86. The minimum Gasteiger partial charge on any atom is -0.335 e. The van der Waals surface area contributed by atoms with Crippen molar-refractivity contribution in [3.05, 3.63) is 18.0 Å². The van der Waals surface area contributed by atoms with E-state index in [2.05, 4.69) is 10.4 Å². The highest BCUT2D eigenvalue weighted by molar-refractivity contribution is 5.92. The van der Waals surface area contributed by atoms with Crippen molar-refractivity contribution >= 4 is 5.91 Å². The lowest BCUT2D eigenvalue weighted by molar-refractivity contribution is 0.0771. The van der Waals surface area contributed by atoms with Gasteiger partial charge in [0.25, 0.3) is 5.91 Å². The highest BCUT2D eigenvalue weighted by Gasteiger charge is 2.38. The summed E-state index contributed by atoms with van der Waals surface area (Å²) < 4.78 is 1.64. The van der Waals surface area contributed by atoms with Crippen molar-refractivity contribution in [2.24, 2.45) is 13.0 Å². The number of likely N-dealkylation sites (tertiary alicyclic amines) is 1. The molecule has 0 bridgehead atoms. The molecule has 2 fully saturated rings. The van der Waals surface area contributed by atoms with Gasteiger partial charge in [0.1, 0.15) is 5.69 Å². The standard InChI is InChI=1S/C11H16N4O/c1-14-10(3-5-13-14)11(16)15-6-8-2-4-12-9(8)7-15/h3,5,8-9,12H,2,4,6-7H2,1H3/t8-,9+/m0/s1. The van der Waals surface area contributed by atoms with Crippen molar-refractivity contribution in [3.8, 4) is 0 Å². The first-order valence-electron chi connectivity index (χ1n) is 5.76. The number of aromatic nitrogens is 2. The highest BCUT2D eigenvalue weighted by atomic mass is 16.2. The van der Waals surface area contributed by atoms with Crippen LogP contribution in [0.3, 0.4) is 0 Å². The van der Waals surface area contributed by atoms with Crippen LogP contribution in [0.5, 0.6) is 0 Å². The van der Waals surface area contributed by atoms with Crippen molar-refractivity contribution < 1.29 is 4.79 Å². The van der Waals surface area contributed by atoms with Gasteiger partial charge in [-0.1, -0.05) is 0 Å². The maximum atomic E-state index is 12.2. The SMILES string of the molecule is Cn1nccc1C(=O)N1C[C@@H]2CCN[C@@H]2C1. The minimum atomic E-state index is 0.108. The first-order chi connectivity index (χ1) is 7.75. The number of nitrogens with zero attached hydrogens (tertiary/aromatic N) is 3. The zero-order valence-corrected chi connectivity index (χ0v) is 9.39. The summed E-state index contributed by atoms with van der Waals surface area (Å²) >= 11 is 0. The van der Waals surface area contributed by atoms with Gasteiger partial charge in [-0.15, -0.1) is 0 Å². The van der Waals surface area contributed by atoms with E-state index < -0.39 is 0 Å². The van der Waals surface area contributed by atoms with Crippen molar-refractivity contribution in [2.75, 3.05) is 19.6 Å². The smallest absolute Gasteiger partial charge is 0.272 e. The summed E-state index contributed by atoms with van der Waals surface area (Å²) in [5.74, 6) is 0.758. The van der Waals surface area contributed by atoms with Crippen LogP contribution in [-0.4, -0.2) is 46.3 Å². The zero-order chi connectivity index (χ0) is 11.1. The van der Waals surface area contributed by atoms with E-state index in [1.165, 1.54) is 6.42 Å². The Balaban J connectivity index is 1.75. The van der Waals surface area contributed by atoms with Crippen LogP contribution in [0.25, 0.3) is 0 Å². The lowest BCUT2D eigenvalue weighted by Gasteiger charge is -2.17. The maximum absolute atomic E-state index is 12.2. The van der Waals surface area contributed by atoms with Crippen LogP contribution in [0, 0.1) is 5.92 Å². The predicted octanol–water partition coefficient (Wildman–Crippen LogP) is -0.146. The number of rotatable bonds is 1. The van der Waals surface area contributed by atoms with Crippen LogP contribution < -0.4 is 5.32 Å². The molecular formula is C11H16N4O. The second-order valence-electron chi connectivity index (χ2n) is 4.66. The Labute approximate surface area is 94.4 Å². The van der Waals surface area contributed by atoms with Crippen molar-refractivity contribution in [2.45, 2.75) is 12.5 Å². The number of aryl methyl sites for hydroxylation is 1. The van der Waals surface area contributed by atoms with Gasteiger partial charge in [0.05, 0.1) is 0 Å². The van der Waals surface area contributed by atoms with Crippen molar-refractivity contribution in [3.63, 3.8) is 0 Å². The quantitative estimate of drug-likeness (QED) is 0.716. The van der Waals surface area contributed by atoms with Crippen molar-refractivity contribution in [1.82, 2.24) is 20.0 Å². The van der Waals surface area contributed by atoms with Gasteiger partial charge in [0.2, 0.25) is 0 Å². The number of carbonyl (C=O) groups excluding carboxylic acids is 1. The Hall–Kier alpha value is -1.36. The zero-order valence-electron chi connectivity index (χ0n) is 9.39. The molecule has 1 N–H and O–H groups in total. The Morgan fingerprint density at radius 3 is 3.12 bits per heavy atom. The summed E-state index contributed by atoms with van der Waals surface area (Å²) in [6.45, 7) is 2.83. The van der Waals surface area contributed by atoms with Gasteiger partial charge in [0.15, 0.2) is 0 Å². The number of amides is 1. The Kier molecular flexibility index (Phi) is 2.21. The van der Waals surface area contributed by atoms with E-state index in [1.54, 1.807) is 16.9 Å². The first-order valence-corrected chi connectivity index (χ1v) is 5.76. The molecular weight excluding hydrogens is 204 g/mol. The molecule has 16 heavy (non-hydrogen) atoms. The predicted molar refractivity (Wildman–Crippen MR) is 59.0 cm³/mol. The van der Waals surface area contributed by atoms with E-state index in [0.29, 0.717) is 17.7 Å². The summed E-state index contributed by atoms with van der Waals surface area (Å²) in [6, 6.07) is 2.29. The van der Waals surface area contributed by atoms with Crippen LogP contribution in [0.4, 0.5) is 0 Å². The highest BCUT2D eigenvalue weighted by Crippen LogP contribution is 2.25. The molecule has 2 atom stereocenters. The minimum absolute atomic E-state index is 0.108. The third kappa shape index (κ3) is 1.43. The molecule has 86 valence electrons. The number of fused-ring (bicyclic) bond motifs is 1. The van der Waals surface area contributed by atoms with E-state index in [9.17, 15) is 4.79 Å². The van der Waals surface area contributed by atoms with Gasteiger partial charge in [-0.05, 0) is 24.9 Å². The maximum Gasteiger partial charge on any atom is 0.272 e. The Bertz CT molecular complexity index is 402. The molecule has 0 aromatic carbocycles. The van der Waals surface area contributed by atoms with Crippen LogP contribution in [0.1, 0.15) is 16.9 Å². The molecule has 0 aliphatic carbocycles. The molecule has 3 heterocycles. The molecule has 2 aliphatic heterocycles. The topological polar surface area (TPSA) is 50.2 Å². The molecule has 2 aliphatic rings. The van der Waals surface area contributed by atoms with E-state index in [0.717, 1.165) is 19.6 Å². The summed E-state index contributed by atoms with van der Waals surface area (Å²) in [7, 11) is 1.81. The molecule has 1 amide bonds. The number of nitrogens with one attached hydrogen (secondary N) is 1. The van der Waals surface area contributed by atoms with E-state index in [1.807, 2.05) is 11.9 Å². The Morgan fingerprint density at radius 2 is 2.44 bits per heavy atom. The fourth-order valence-electron chi connectivity index (χ4n) is 2.76. The van der Waals surface area contributed by atoms with Gasteiger partial charge >= 0.3 is 0 Å². The van der Waals surface area contributed by atoms with Gasteiger partial charge in [-0.3, -0.25) is 9.48 Å². The molecule has 2 saturated heterocycles. The van der Waals surface area contributed by atoms with Crippen LogP contribution in [0.15, 0.2) is 12.3 Å². The molecule has 0 radical (unpaired) electrons. The fraction of sp³-hybridized carbons (Fsp3) is 0.636. The van der Waals surface area contributed by atoms with Gasteiger partial charge in [-0.25, -0.2) is 0 Å². The van der Waals surface area contributed by atoms with Gasteiger partial charge < -0.3 is 10.2 Å². The first kappa shape index (κ1) is 9.84. The third-order valence-corrected chi connectivity index (χ3v) is 3.69. The van der Waals surface area contributed by atoms with E-state index in [-0.39, 0.29) is 5.91 Å². The average Bonchev–Trinajstić information content (AvgIpc) is 2.89. The summed E-state index contributed by atoms with van der Waals surface area (Å²) in [5, 5.41) is 7.48. The normalized spacial score (nSPS) is 28.4. The molecule has 3 rings (SSSR count). The molecule has 5 heteroatoms. The van der Waals surface area contributed by atoms with E-state index >= 15 is 0 Å². The van der Waals surface area contributed by atoms with Crippen LogP contribution >= 0.6 is 0 Å². The van der Waals surface area contributed by atoms with E-state index in [4.69, 9.17) is 0 Å². The molecule has 1 aromatic heterocycles. The molecule has 5 nitrogen and oxygen atoms in total. The summed E-state index contributed by atoms with van der Waals surface area (Å²) in [5.41, 5.74) is 0.681. The number of hydrogen-bond acceptors (Lipinski definition) is 3. The third-order valence-electron chi connectivity index (χ3n) is 3.69.